The first kappa shape index (κ1) is 14.3. The number of aromatic nitrogens is 1. The number of nitrogens with zero attached hydrogens (tertiary/aromatic N) is 2. The van der Waals surface area contributed by atoms with Crippen LogP contribution < -0.4 is 5.32 Å². The SMILES string of the molecule is O=[N+]([O-])c1cccc2oc(NCCCCCCO)nc12. The molecule has 0 radical (unpaired) electrons. The van der Waals surface area contributed by atoms with Crippen molar-refractivity contribution in [1.29, 1.82) is 0 Å². The molecule has 2 aromatic rings. The topological polar surface area (TPSA) is 101 Å². The van der Waals surface area contributed by atoms with E-state index in [2.05, 4.69) is 10.3 Å². The number of benzene rings is 1. The number of nitro benzene ring substituents is 1. The molecule has 0 unspecified atom stereocenters. The van der Waals surface area contributed by atoms with Gasteiger partial charge in [-0.3, -0.25) is 10.1 Å². The van der Waals surface area contributed by atoms with Crippen molar-refractivity contribution in [2.24, 2.45) is 0 Å². The number of rotatable bonds is 8. The zero-order valence-electron chi connectivity index (χ0n) is 11.0. The minimum absolute atomic E-state index is 0.0535. The molecule has 0 bridgehead atoms. The third-order valence-electron chi connectivity index (χ3n) is 2.96. The average molecular weight is 279 g/mol. The monoisotopic (exact) mass is 279 g/mol. The van der Waals surface area contributed by atoms with Crippen LogP contribution in [0.2, 0.25) is 0 Å². The highest BCUT2D eigenvalue weighted by Crippen LogP contribution is 2.27. The maximum Gasteiger partial charge on any atom is 0.298 e. The fraction of sp³-hybridized carbons (Fsp3) is 0.462. The van der Waals surface area contributed by atoms with Gasteiger partial charge in [-0.15, -0.1) is 0 Å². The Morgan fingerprint density at radius 1 is 1.30 bits per heavy atom. The van der Waals surface area contributed by atoms with Gasteiger partial charge in [-0.2, -0.15) is 4.98 Å². The highest BCUT2D eigenvalue weighted by Gasteiger charge is 2.16. The van der Waals surface area contributed by atoms with Crippen LogP contribution in [-0.4, -0.2) is 28.2 Å². The van der Waals surface area contributed by atoms with Crippen molar-refractivity contribution in [3.05, 3.63) is 28.3 Å². The minimum Gasteiger partial charge on any atom is -0.423 e. The molecule has 2 rings (SSSR count). The summed E-state index contributed by atoms with van der Waals surface area (Å²) < 4.78 is 5.42. The molecule has 0 atom stereocenters. The van der Waals surface area contributed by atoms with Gasteiger partial charge in [-0.1, -0.05) is 18.9 Å². The number of unbranched alkanes of at least 4 members (excludes halogenated alkanes) is 3. The van der Waals surface area contributed by atoms with E-state index in [4.69, 9.17) is 9.52 Å². The fourth-order valence-electron chi connectivity index (χ4n) is 1.94. The Labute approximate surface area is 115 Å². The number of oxazole rings is 1. The summed E-state index contributed by atoms with van der Waals surface area (Å²) in [5.74, 6) is 0. The van der Waals surface area contributed by atoms with E-state index in [1.54, 1.807) is 12.1 Å². The van der Waals surface area contributed by atoms with E-state index in [0.29, 0.717) is 18.1 Å². The highest BCUT2D eigenvalue weighted by molar-refractivity contribution is 5.83. The van der Waals surface area contributed by atoms with Crippen LogP contribution in [0.25, 0.3) is 11.1 Å². The van der Waals surface area contributed by atoms with Crippen LogP contribution in [0.1, 0.15) is 25.7 Å². The molecule has 20 heavy (non-hydrogen) atoms. The first-order valence-corrected chi connectivity index (χ1v) is 6.61. The number of nitrogens with one attached hydrogen (secondary N) is 1. The molecule has 0 amide bonds. The molecule has 108 valence electrons. The minimum atomic E-state index is -0.469. The summed E-state index contributed by atoms with van der Waals surface area (Å²) in [5, 5.41) is 22.5. The van der Waals surface area contributed by atoms with Crippen LogP contribution in [0.5, 0.6) is 0 Å². The normalized spacial score (nSPS) is 10.8. The number of fused-ring (bicyclic) bond motifs is 1. The summed E-state index contributed by atoms with van der Waals surface area (Å²) in [6.07, 6.45) is 3.74. The van der Waals surface area contributed by atoms with E-state index in [9.17, 15) is 10.1 Å². The van der Waals surface area contributed by atoms with Crippen molar-refractivity contribution in [2.45, 2.75) is 25.7 Å². The maximum absolute atomic E-state index is 10.9. The number of aliphatic hydroxyl groups is 1. The first-order valence-electron chi connectivity index (χ1n) is 6.61. The van der Waals surface area contributed by atoms with Gasteiger partial charge in [0.05, 0.1) is 4.92 Å². The second kappa shape index (κ2) is 6.85. The molecular weight excluding hydrogens is 262 g/mol. The van der Waals surface area contributed by atoms with Crippen molar-refractivity contribution < 1.29 is 14.4 Å². The Hall–Kier alpha value is -2.15. The van der Waals surface area contributed by atoms with Gasteiger partial charge in [0, 0.05) is 19.2 Å². The second-order valence-electron chi connectivity index (χ2n) is 4.46. The molecule has 0 saturated carbocycles. The van der Waals surface area contributed by atoms with E-state index >= 15 is 0 Å². The van der Waals surface area contributed by atoms with Crippen LogP contribution in [0.3, 0.4) is 0 Å². The Bertz CT molecular complexity index is 582. The van der Waals surface area contributed by atoms with Gasteiger partial charge in [0.1, 0.15) is 0 Å². The van der Waals surface area contributed by atoms with Gasteiger partial charge in [0.15, 0.2) is 11.1 Å². The zero-order chi connectivity index (χ0) is 14.4. The van der Waals surface area contributed by atoms with Crippen LogP contribution >= 0.6 is 0 Å². The van der Waals surface area contributed by atoms with Crippen molar-refractivity contribution in [1.82, 2.24) is 4.98 Å². The lowest BCUT2D eigenvalue weighted by Gasteiger charge is -2.00. The van der Waals surface area contributed by atoms with Crippen LogP contribution in [0.15, 0.2) is 22.6 Å². The van der Waals surface area contributed by atoms with E-state index in [-0.39, 0.29) is 17.8 Å². The molecule has 0 aliphatic rings. The van der Waals surface area contributed by atoms with E-state index in [0.717, 1.165) is 25.7 Å². The highest BCUT2D eigenvalue weighted by atomic mass is 16.6. The molecule has 7 nitrogen and oxygen atoms in total. The third kappa shape index (κ3) is 3.45. The van der Waals surface area contributed by atoms with E-state index < -0.39 is 4.92 Å². The molecule has 1 aromatic carbocycles. The summed E-state index contributed by atoms with van der Waals surface area (Å²) in [6.45, 7) is 0.911. The molecule has 0 saturated heterocycles. The number of nitro groups is 1. The summed E-state index contributed by atoms with van der Waals surface area (Å²) in [5.41, 5.74) is 0.615. The summed E-state index contributed by atoms with van der Waals surface area (Å²) in [7, 11) is 0. The Kier molecular flexibility index (Phi) is 4.89. The van der Waals surface area contributed by atoms with Crippen molar-refractivity contribution in [3.63, 3.8) is 0 Å². The molecule has 2 N–H and O–H groups in total. The zero-order valence-corrected chi connectivity index (χ0v) is 11.0. The number of hydrogen-bond donors (Lipinski definition) is 2. The molecule has 1 heterocycles. The van der Waals surface area contributed by atoms with Crippen LogP contribution in [-0.2, 0) is 0 Å². The Morgan fingerprint density at radius 3 is 2.85 bits per heavy atom. The van der Waals surface area contributed by atoms with Gasteiger partial charge >= 0.3 is 0 Å². The fourth-order valence-corrected chi connectivity index (χ4v) is 1.94. The summed E-state index contributed by atoms with van der Waals surface area (Å²) >= 11 is 0. The lowest BCUT2D eigenvalue weighted by molar-refractivity contribution is -0.383. The molecule has 1 aromatic heterocycles. The van der Waals surface area contributed by atoms with Gasteiger partial charge in [0.25, 0.3) is 11.7 Å². The average Bonchev–Trinajstić information content (AvgIpc) is 2.84. The van der Waals surface area contributed by atoms with Crippen LogP contribution in [0, 0.1) is 10.1 Å². The molecule has 0 aliphatic heterocycles. The van der Waals surface area contributed by atoms with E-state index in [1.165, 1.54) is 6.07 Å². The van der Waals surface area contributed by atoms with Gasteiger partial charge in [-0.05, 0) is 18.9 Å². The largest absolute Gasteiger partial charge is 0.423 e. The predicted octanol–water partition coefficient (Wildman–Crippen LogP) is 2.70. The van der Waals surface area contributed by atoms with Crippen molar-refractivity contribution >= 4 is 22.8 Å². The quantitative estimate of drug-likeness (QED) is 0.437. The predicted molar refractivity (Wildman–Crippen MR) is 74.7 cm³/mol. The second-order valence-corrected chi connectivity index (χ2v) is 4.46. The maximum atomic E-state index is 10.9. The smallest absolute Gasteiger partial charge is 0.298 e. The number of non-ortho nitro benzene ring substituents is 1. The molecule has 0 aliphatic carbocycles. The molecular formula is C13H17N3O4. The van der Waals surface area contributed by atoms with Gasteiger partial charge < -0.3 is 14.8 Å². The summed E-state index contributed by atoms with van der Waals surface area (Å²) in [4.78, 5) is 14.5. The lowest BCUT2D eigenvalue weighted by atomic mass is 10.2. The third-order valence-corrected chi connectivity index (χ3v) is 2.96. The van der Waals surface area contributed by atoms with Crippen LogP contribution in [0.4, 0.5) is 11.7 Å². The molecule has 7 heteroatoms. The number of hydrogen-bond acceptors (Lipinski definition) is 6. The number of anilines is 1. The Balaban J connectivity index is 1.95. The Morgan fingerprint density at radius 2 is 2.10 bits per heavy atom. The number of para-hydroxylation sites is 1. The van der Waals surface area contributed by atoms with Gasteiger partial charge in [0.2, 0.25) is 0 Å². The molecule has 0 fully saturated rings. The number of aliphatic hydroxyl groups excluding tert-OH is 1. The standard InChI is InChI=1S/C13H17N3O4/c17-9-4-2-1-3-8-14-13-15-12-10(16(18)19)6-5-7-11(12)20-13/h5-7,17H,1-4,8-9H2,(H,14,15). The van der Waals surface area contributed by atoms with E-state index in [1.807, 2.05) is 0 Å². The van der Waals surface area contributed by atoms with Crippen molar-refractivity contribution in [3.8, 4) is 0 Å². The summed E-state index contributed by atoms with van der Waals surface area (Å²) in [6, 6.07) is 4.94. The molecule has 0 spiro atoms. The van der Waals surface area contributed by atoms with Gasteiger partial charge in [-0.25, -0.2) is 0 Å². The lowest BCUT2D eigenvalue weighted by Crippen LogP contribution is -2.01. The van der Waals surface area contributed by atoms with Crippen molar-refractivity contribution in [2.75, 3.05) is 18.5 Å². The first-order chi connectivity index (χ1) is 9.72.